The molecule has 0 spiro atoms. The van der Waals surface area contributed by atoms with Gasteiger partial charge in [-0.15, -0.1) is 34.8 Å². The molecule has 0 heterocycles. The van der Waals surface area contributed by atoms with Crippen LogP contribution in [-0.2, 0) is 0 Å². The van der Waals surface area contributed by atoms with Crippen LogP contribution in [0.4, 0.5) is 0 Å². The van der Waals surface area contributed by atoms with E-state index in [2.05, 4.69) is 0 Å². The normalized spacial score (nSPS) is 42.0. The average molecular weight is 173 g/mol. The molecule has 0 saturated heterocycles. The number of alkyl halides is 3. The molecule has 0 N–H and O–H groups in total. The Kier molecular flexibility index (Phi) is 1.47. The molecule has 0 aromatic heterocycles. The maximum absolute atomic E-state index is 5.73. The standard InChI is InChI=1S/C5H7Cl3/c1-4(3-6)2-5(4,7)8/h2-3H2,1H3/t4-/m1/s1. The average Bonchev–Trinajstić information content (AvgIpc) is 2.10. The maximum atomic E-state index is 5.73. The minimum atomic E-state index is -0.533. The zero-order chi connectivity index (χ0) is 6.41. The minimum Gasteiger partial charge on any atom is -0.126 e. The topological polar surface area (TPSA) is 0 Å². The molecule has 0 aliphatic heterocycles. The molecule has 1 saturated carbocycles. The first-order valence-corrected chi connectivity index (χ1v) is 3.75. The van der Waals surface area contributed by atoms with Gasteiger partial charge in [-0.3, -0.25) is 0 Å². The van der Waals surface area contributed by atoms with Crippen LogP contribution in [0.15, 0.2) is 0 Å². The van der Waals surface area contributed by atoms with Crippen LogP contribution in [0.3, 0.4) is 0 Å². The molecular weight excluding hydrogens is 166 g/mol. The van der Waals surface area contributed by atoms with E-state index >= 15 is 0 Å². The summed E-state index contributed by atoms with van der Waals surface area (Å²) in [5.41, 5.74) is -0.0162. The van der Waals surface area contributed by atoms with Crippen molar-refractivity contribution in [1.82, 2.24) is 0 Å². The van der Waals surface area contributed by atoms with Gasteiger partial charge >= 0.3 is 0 Å². The molecule has 1 rings (SSSR count). The highest BCUT2D eigenvalue weighted by molar-refractivity contribution is 6.51. The van der Waals surface area contributed by atoms with Crippen molar-refractivity contribution in [2.45, 2.75) is 17.7 Å². The second-order valence-electron chi connectivity index (χ2n) is 2.58. The molecule has 0 aromatic carbocycles. The van der Waals surface area contributed by atoms with Gasteiger partial charge in [-0.1, -0.05) is 6.92 Å². The van der Waals surface area contributed by atoms with Gasteiger partial charge in [0.1, 0.15) is 4.33 Å². The van der Waals surface area contributed by atoms with Gasteiger partial charge in [0.05, 0.1) is 0 Å². The van der Waals surface area contributed by atoms with Gasteiger partial charge < -0.3 is 0 Å². The van der Waals surface area contributed by atoms with Gasteiger partial charge in [0.2, 0.25) is 0 Å². The molecule has 1 atom stereocenters. The highest BCUT2D eigenvalue weighted by Crippen LogP contribution is 2.64. The van der Waals surface area contributed by atoms with Gasteiger partial charge in [0.25, 0.3) is 0 Å². The maximum Gasteiger partial charge on any atom is 0.125 e. The quantitative estimate of drug-likeness (QED) is 0.535. The first-order chi connectivity index (χ1) is 3.52. The Labute approximate surface area is 64.1 Å². The molecular formula is C5H7Cl3. The van der Waals surface area contributed by atoms with Crippen LogP contribution < -0.4 is 0 Å². The Bertz CT molecular complexity index is 110. The lowest BCUT2D eigenvalue weighted by atomic mass is 10.2. The van der Waals surface area contributed by atoms with E-state index in [9.17, 15) is 0 Å². The number of halogens is 3. The fourth-order valence-corrected chi connectivity index (χ4v) is 1.77. The number of hydrogen-bond donors (Lipinski definition) is 0. The second kappa shape index (κ2) is 1.68. The summed E-state index contributed by atoms with van der Waals surface area (Å²) in [6.07, 6.45) is 0.826. The first kappa shape index (κ1) is 6.98. The van der Waals surface area contributed by atoms with E-state index in [1.165, 1.54) is 0 Å². The third kappa shape index (κ3) is 0.832. The Balaban J connectivity index is 2.55. The van der Waals surface area contributed by atoms with Crippen molar-refractivity contribution in [1.29, 1.82) is 0 Å². The molecule has 0 unspecified atom stereocenters. The van der Waals surface area contributed by atoms with Crippen LogP contribution in [0.1, 0.15) is 13.3 Å². The molecule has 3 heteroatoms. The lowest BCUT2D eigenvalue weighted by Crippen LogP contribution is -2.04. The SMILES string of the molecule is C[C@]1(CCl)CC1(Cl)Cl. The van der Waals surface area contributed by atoms with E-state index < -0.39 is 4.33 Å². The summed E-state index contributed by atoms with van der Waals surface area (Å²) in [7, 11) is 0. The van der Waals surface area contributed by atoms with Gasteiger partial charge in [-0.05, 0) is 6.42 Å². The fraction of sp³-hybridized carbons (Fsp3) is 1.00. The molecule has 0 radical (unpaired) electrons. The molecule has 0 nitrogen and oxygen atoms in total. The van der Waals surface area contributed by atoms with E-state index in [1.807, 2.05) is 6.92 Å². The van der Waals surface area contributed by atoms with Crippen LogP contribution >= 0.6 is 34.8 Å². The van der Waals surface area contributed by atoms with E-state index in [0.29, 0.717) is 5.88 Å². The zero-order valence-corrected chi connectivity index (χ0v) is 6.82. The molecule has 0 aromatic rings. The van der Waals surface area contributed by atoms with E-state index in [-0.39, 0.29) is 5.41 Å². The molecule has 48 valence electrons. The highest BCUT2D eigenvalue weighted by atomic mass is 35.5. The Morgan fingerprint density at radius 1 is 1.50 bits per heavy atom. The van der Waals surface area contributed by atoms with Gasteiger partial charge in [-0.2, -0.15) is 0 Å². The van der Waals surface area contributed by atoms with Crippen molar-refractivity contribution in [3.63, 3.8) is 0 Å². The summed E-state index contributed by atoms with van der Waals surface area (Å²) in [6.45, 7) is 1.99. The summed E-state index contributed by atoms with van der Waals surface area (Å²) in [6, 6.07) is 0. The first-order valence-electron chi connectivity index (χ1n) is 2.46. The predicted molar refractivity (Wildman–Crippen MR) is 37.9 cm³/mol. The Morgan fingerprint density at radius 2 is 1.88 bits per heavy atom. The summed E-state index contributed by atoms with van der Waals surface area (Å²) >= 11 is 17.0. The third-order valence-corrected chi connectivity index (χ3v) is 3.43. The van der Waals surface area contributed by atoms with Crippen molar-refractivity contribution < 1.29 is 0 Å². The Hall–Kier alpha value is 0.870. The molecule has 1 aliphatic rings. The molecule has 8 heavy (non-hydrogen) atoms. The van der Waals surface area contributed by atoms with E-state index in [1.54, 1.807) is 0 Å². The number of rotatable bonds is 1. The summed E-state index contributed by atoms with van der Waals surface area (Å²) in [5.74, 6) is 0.556. The lowest BCUT2D eigenvalue weighted by molar-refractivity contribution is 0.650. The third-order valence-electron chi connectivity index (χ3n) is 1.67. The smallest absolute Gasteiger partial charge is 0.125 e. The molecule has 1 aliphatic carbocycles. The van der Waals surface area contributed by atoms with Gasteiger partial charge in [0, 0.05) is 11.3 Å². The second-order valence-corrected chi connectivity index (χ2v) is 4.33. The monoisotopic (exact) mass is 172 g/mol. The van der Waals surface area contributed by atoms with E-state index in [4.69, 9.17) is 34.8 Å². The minimum absolute atomic E-state index is 0.0162. The van der Waals surface area contributed by atoms with Gasteiger partial charge in [0.15, 0.2) is 0 Å². The van der Waals surface area contributed by atoms with Gasteiger partial charge in [-0.25, -0.2) is 0 Å². The fourth-order valence-electron chi connectivity index (χ4n) is 0.591. The van der Waals surface area contributed by atoms with Crippen molar-refractivity contribution in [3.8, 4) is 0 Å². The number of hydrogen-bond acceptors (Lipinski definition) is 0. The van der Waals surface area contributed by atoms with Crippen LogP contribution in [-0.4, -0.2) is 10.2 Å². The van der Waals surface area contributed by atoms with Crippen LogP contribution in [0.2, 0.25) is 0 Å². The van der Waals surface area contributed by atoms with Crippen molar-refractivity contribution in [2.75, 3.05) is 5.88 Å². The van der Waals surface area contributed by atoms with Crippen LogP contribution in [0.5, 0.6) is 0 Å². The molecule has 0 bridgehead atoms. The van der Waals surface area contributed by atoms with Crippen molar-refractivity contribution >= 4 is 34.8 Å². The van der Waals surface area contributed by atoms with Crippen molar-refractivity contribution in [2.24, 2.45) is 5.41 Å². The lowest BCUT2D eigenvalue weighted by Gasteiger charge is -2.03. The molecule has 1 fully saturated rings. The summed E-state index contributed by atoms with van der Waals surface area (Å²) < 4.78 is -0.533. The highest BCUT2D eigenvalue weighted by Gasteiger charge is 2.62. The molecule has 0 amide bonds. The van der Waals surface area contributed by atoms with Crippen LogP contribution in [0.25, 0.3) is 0 Å². The summed E-state index contributed by atoms with van der Waals surface area (Å²) in [5, 5.41) is 0. The van der Waals surface area contributed by atoms with Crippen LogP contribution in [0, 0.1) is 5.41 Å². The summed E-state index contributed by atoms with van der Waals surface area (Å²) in [4.78, 5) is 0. The largest absolute Gasteiger partial charge is 0.126 e. The predicted octanol–water partition coefficient (Wildman–Crippen LogP) is 2.81. The van der Waals surface area contributed by atoms with Crippen molar-refractivity contribution in [3.05, 3.63) is 0 Å². The zero-order valence-electron chi connectivity index (χ0n) is 4.55. The van der Waals surface area contributed by atoms with E-state index in [0.717, 1.165) is 6.42 Å². The Morgan fingerprint density at radius 3 is 1.88 bits per heavy atom.